The second kappa shape index (κ2) is 5.95. The van der Waals surface area contributed by atoms with Gasteiger partial charge in [0, 0.05) is 12.3 Å². The van der Waals surface area contributed by atoms with E-state index in [0.717, 1.165) is 11.5 Å². The van der Waals surface area contributed by atoms with Crippen LogP contribution in [0.5, 0.6) is 17.5 Å². The number of ether oxygens (including phenoxy) is 3. The molecule has 1 aromatic heterocycles. The lowest BCUT2D eigenvalue weighted by molar-refractivity contribution is 0.130. The van der Waals surface area contributed by atoms with E-state index in [2.05, 4.69) is 4.98 Å². The lowest BCUT2D eigenvalue weighted by Crippen LogP contribution is -2.23. The molecule has 6 heteroatoms. The van der Waals surface area contributed by atoms with Crippen molar-refractivity contribution in [3.63, 3.8) is 0 Å². The average Bonchev–Trinajstić information content (AvgIpc) is 2.87. The van der Waals surface area contributed by atoms with Gasteiger partial charge in [0.05, 0.1) is 6.54 Å². The first-order valence-corrected chi connectivity index (χ1v) is 7.55. The van der Waals surface area contributed by atoms with Crippen LogP contribution in [0.3, 0.4) is 0 Å². The standard InChI is InChI=1S/C17H20N2O4/c1-17(2,3)23-13-6-4-12(5-7-13)21-11-14-10-19-9-8-15(20)18-16(19)22-14/h4-9,14H,10-11H2,1-3H3/t14-/m0/s1. The number of rotatable bonds is 4. The first kappa shape index (κ1) is 15.4. The van der Waals surface area contributed by atoms with E-state index in [9.17, 15) is 4.79 Å². The summed E-state index contributed by atoms with van der Waals surface area (Å²) in [6.45, 7) is 7.02. The molecule has 0 N–H and O–H groups in total. The van der Waals surface area contributed by atoms with Crippen LogP contribution in [-0.2, 0) is 6.54 Å². The summed E-state index contributed by atoms with van der Waals surface area (Å²) in [4.78, 5) is 15.0. The normalized spacial score (nSPS) is 16.6. The zero-order valence-electron chi connectivity index (χ0n) is 13.5. The topological polar surface area (TPSA) is 62.6 Å². The summed E-state index contributed by atoms with van der Waals surface area (Å²) in [5.74, 6) is 1.55. The molecule has 0 spiro atoms. The predicted octanol–water partition coefficient (Wildman–Crippen LogP) is 2.26. The van der Waals surface area contributed by atoms with Crippen molar-refractivity contribution in [3.8, 4) is 17.5 Å². The second-order valence-electron chi connectivity index (χ2n) is 6.44. The molecule has 1 atom stereocenters. The summed E-state index contributed by atoms with van der Waals surface area (Å²) < 4.78 is 18.9. The molecule has 23 heavy (non-hydrogen) atoms. The SMILES string of the molecule is CC(C)(C)Oc1ccc(OC[C@@H]2Cn3ccc(=O)nc3O2)cc1. The highest BCUT2D eigenvalue weighted by atomic mass is 16.6. The van der Waals surface area contributed by atoms with E-state index in [1.165, 1.54) is 6.07 Å². The molecule has 0 fully saturated rings. The van der Waals surface area contributed by atoms with Crippen molar-refractivity contribution in [2.24, 2.45) is 0 Å². The number of hydrogen-bond acceptors (Lipinski definition) is 5. The second-order valence-corrected chi connectivity index (χ2v) is 6.44. The Hall–Kier alpha value is -2.50. The Morgan fingerprint density at radius 3 is 2.61 bits per heavy atom. The van der Waals surface area contributed by atoms with Gasteiger partial charge in [0.1, 0.15) is 23.7 Å². The van der Waals surface area contributed by atoms with Crippen molar-refractivity contribution in [3.05, 3.63) is 46.9 Å². The van der Waals surface area contributed by atoms with E-state index in [1.54, 1.807) is 10.8 Å². The Morgan fingerprint density at radius 1 is 1.22 bits per heavy atom. The molecule has 0 saturated heterocycles. The molecule has 2 aromatic rings. The van der Waals surface area contributed by atoms with Crippen molar-refractivity contribution in [2.75, 3.05) is 6.61 Å². The highest BCUT2D eigenvalue weighted by Crippen LogP contribution is 2.23. The summed E-state index contributed by atoms with van der Waals surface area (Å²) in [5.41, 5.74) is -0.525. The summed E-state index contributed by atoms with van der Waals surface area (Å²) in [6, 6.07) is 9.26. The maximum Gasteiger partial charge on any atom is 0.300 e. The quantitative estimate of drug-likeness (QED) is 0.866. The van der Waals surface area contributed by atoms with Gasteiger partial charge in [0.2, 0.25) is 0 Å². The Kier molecular flexibility index (Phi) is 3.98. The molecule has 0 radical (unpaired) electrons. The van der Waals surface area contributed by atoms with Crippen LogP contribution >= 0.6 is 0 Å². The molecule has 6 nitrogen and oxygen atoms in total. The van der Waals surface area contributed by atoms with Crippen LogP contribution in [0.1, 0.15) is 20.8 Å². The van der Waals surface area contributed by atoms with Crippen molar-refractivity contribution in [1.82, 2.24) is 9.55 Å². The van der Waals surface area contributed by atoms with E-state index < -0.39 is 0 Å². The van der Waals surface area contributed by atoms with Gasteiger partial charge in [-0.15, -0.1) is 0 Å². The van der Waals surface area contributed by atoms with Crippen LogP contribution in [0, 0.1) is 0 Å². The van der Waals surface area contributed by atoms with Crippen molar-refractivity contribution in [1.29, 1.82) is 0 Å². The van der Waals surface area contributed by atoms with E-state index in [4.69, 9.17) is 14.2 Å². The molecule has 1 aliphatic rings. The number of nitrogens with zero attached hydrogens (tertiary/aromatic N) is 2. The molecule has 0 aliphatic carbocycles. The fraction of sp³-hybridized carbons (Fsp3) is 0.412. The van der Waals surface area contributed by atoms with Crippen LogP contribution < -0.4 is 19.8 Å². The highest BCUT2D eigenvalue weighted by Gasteiger charge is 2.23. The molecule has 0 bridgehead atoms. The third-order valence-corrected chi connectivity index (χ3v) is 3.20. The monoisotopic (exact) mass is 316 g/mol. The van der Waals surface area contributed by atoms with E-state index in [1.807, 2.05) is 45.0 Å². The van der Waals surface area contributed by atoms with Gasteiger partial charge in [-0.3, -0.25) is 9.36 Å². The zero-order chi connectivity index (χ0) is 16.4. The van der Waals surface area contributed by atoms with Gasteiger partial charge in [-0.25, -0.2) is 0 Å². The minimum absolute atomic E-state index is 0.158. The zero-order valence-corrected chi connectivity index (χ0v) is 13.5. The summed E-state index contributed by atoms with van der Waals surface area (Å²) >= 11 is 0. The van der Waals surface area contributed by atoms with E-state index in [-0.39, 0.29) is 17.3 Å². The third-order valence-electron chi connectivity index (χ3n) is 3.20. The Morgan fingerprint density at radius 2 is 1.91 bits per heavy atom. The maximum atomic E-state index is 11.2. The smallest absolute Gasteiger partial charge is 0.300 e. The van der Waals surface area contributed by atoms with Crippen molar-refractivity contribution in [2.45, 2.75) is 39.0 Å². The summed E-state index contributed by atoms with van der Waals surface area (Å²) in [6.07, 6.45) is 1.53. The van der Waals surface area contributed by atoms with E-state index >= 15 is 0 Å². The maximum absolute atomic E-state index is 11.2. The molecule has 3 rings (SSSR count). The van der Waals surface area contributed by atoms with Crippen LogP contribution in [-0.4, -0.2) is 27.9 Å². The Balaban J connectivity index is 1.54. The molecule has 2 heterocycles. The van der Waals surface area contributed by atoms with Gasteiger partial charge in [-0.05, 0) is 45.0 Å². The number of hydrogen-bond donors (Lipinski definition) is 0. The van der Waals surface area contributed by atoms with Crippen molar-refractivity contribution >= 4 is 0 Å². The Labute approximate surface area is 134 Å². The van der Waals surface area contributed by atoms with Gasteiger partial charge in [0.25, 0.3) is 11.6 Å². The number of fused-ring (bicyclic) bond motifs is 1. The van der Waals surface area contributed by atoms with Gasteiger partial charge in [0.15, 0.2) is 6.10 Å². The fourth-order valence-electron chi connectivity index (χ4n) is 2.29. The first-order valence-electron chi connectivity index (χ1n) is 7.55. The molecular formula is C17H20N2O4. The van der Waals surface area contributed by atoms with Crippen LogP contribution in [0.2, 0.25) is 0 Å². The molecule has 1 aromatic carbocycles. The van der Waals surface area contributed by atoms with Crippen molar-refractivity contribution < 1.29 is 14.2 Å². The van der Waals surface area contributed by atoms with Crippen LogP contribution in [0.4, 0.5) is 0 Å². The molecular weight excluding hydrogens is 296 g/mol. The van der Waals surface area contributed by atoms with Gasteiger partial charge >= 0.3 is 0 Å². The predicted molar refractivity (Wildman–Crippen MR) is 85.2 cm³/mol. The number of aromatic nitrogens is 2. The lowest BCUT2D eigenvalue weighted by Gasteiger charge is -2.21. The summed E-state index contributed by atoms with van der Waals surface area (Å²) in [7, 11) is 0. The highest BCUT2D eigenvalue weighted by molar-refractivity contribution is 5.31. The molecule has 1 aliphatic heterocycles. The molecule has 0 unspecified atom stereocenters. The molecule has 0 amide bonds. The minimum atomic E-state index is -0.299. The van der Waals surface area contributed by atoms with Gasteiger partial charge in [-0.2, -0.15) is 4.98 Å². The number of benzene rings is 1. The van der Waals surface area contributed by atoms with Crippen LogP contribution in [0.25, 0.3) is 0 Å². The fourth-order valence-corrected chi connectivity index (χ4v) is 2.29. The lowest BCUT2D eigenvalue weighted by atomic mass is 10.2. The van der Waals surface area contributed by atoms with Gasteiger partial charge in [-0.1, -0.05) is 0 Å². The third kappa shape index (κ3) is 4.03. The molecule has 0 saturated carbocycles. The summed E-state index contributed by atoms with van der Waals surface area (Å²) in [5, 5.41) is 0. The first-order chi connectivity index (χ1) is 10.9. The minimum Gasteiger partial charge on any atom is -0.490 e. The average molecular weight is 316 g/mol. The van der Waals surface area contributed by atoms with Gasteiger partial charge < -0.3 is 14.2 Å². The van der Waals surface area contributed by atoms with Crippen LogP contribution in [0.15, 0.2) is 41.3 Å². The largest absolute Gasteiger partial charge is 0.490 e. The Bertz CT molecular complexity index is 731. The molecule has 122 valence electrons. The van der Waals surface area contributed by atoms with E-state index in [0.29, 0.717) is 19.2 Å².